The van der Waals surface area contributed by atoms with Crippen molar-refractivity contribution in [2.45, 2.75) is 13.3 Å². The fourth-order valence-corrected chi connectivity index (χ4v) is 1.71. The van der Waals surface area contributed by atoms with E-state index < -0.39 is 11.8 Å². The van der Waals surface area contributed by atoms with Gasteiger partial charge in [-0.25, -0.2) is 0 Å². The SMILES string of the molecule is CC(CC(C(=N)N)C(=N)N)C(C(=N)N)C(=N)N. The van der Waals surface area contributed by atoms with Gasteiger partial charge in [-0.15, -0.1) is 0 Å². The van der Waals surface area contributed by atoms with Gasteiger partial charge in [0, 0.05) is 0 Å². The molecule has 8 heteroatoms. The molecule has 0 aromatic carbocycles. The zero-order valence-corrected chi connectivity index (χ0v) is 9.75. The van der Waals surface area contributed by atoms with Crippen LogP contribution in [0.1, 0.15) is 13.3 Å². The summed E-state index contributed by atoms with van der Waals surface area (Å²) in [6.45, 7) is 1.73. The Kier molecular flexibility index (Phi) is 5.10. The molecular formula is C9H20N8. The summed E-state index contributed by atoms with van der Waals surface area (Å²) in [5, 5.41) is 29.4. The van der Waals surface area contributed by atoms with Crippen LogP contribution in [-0.4, -0.2) is 23.3 Å². The summed E-state index contributed by atoms with van der Waals surface area (Å²) < 4.78 is 0. The van der Waals surface area contributed by atoms with E-state index in [0.29, 0.717) is 0 Å². The Morgan fingerprint density at radius 1 is 0.824 bits per heavy atom. The predicted octanol–water partition coefficient (Wildman–Crippen LogP) is -1.01. The number of rotatable bonds is 7. The molecule has 8 nitrogen and oxygen atoms in total. The molecule has 0 heterocycles. The fourth-order valence-electron chi connectivity index (χ4n) is 1.71. The van der Waals surface area contributed by atoms with Gasteiger partial charge in [0.25, 0.3) is 0 Å². The van der Waals surface area contributed by atoms with Crippen LogP contribution in [0.4, 0.5) is 0 Å². The van der Waals surface area contributed by atoms with Crippen LogP contribution < -0.4 is 22.9 Å². The molecule has 0 fully saturated rings. The van der Waals surface area contributed by atoms with E-state index >= 15 is 0 Å². The first kappa shape index (κ1) is 14.9. The van der Waals surface area contributed by atoms with Crippen molar-refractivity contribution in [2.75, 3.05) is 0 Å². The van der Waals surface area contributed by atoms with Crippen molar-refractivity contribution in [1.29, 1.82) is 21.6 Å². The van der Waals surface area contributed by atoms with Crippen molar-refractivity contribution < 1.29 is 0 Å². The maximum absolute atomic E-state index is 7.36. The lowest BCUT2D eigenvalue weighted by Gasteiger charge is -2.25. The standard InChI is InChI=1S/C9H20N8/c1-3(5(8(14)15)9(16)17)2-4(6(10)11)7(12)13/h3-5H,2H2,1H3,(H3,10,11)(H3,12,13)(H3,14,15)(H3,16,17). The molecule has 0 aliphatic rings. The highest BCUT2D eigenvalue weighted by molar-refractivity contribution is 6.03. The van der Waals surface area contributed by atoms with E-state index in [1.54, 1.807) is 6.92 Å². The van der Waals surface area contributed by atoms with Crippen molar-refractivity contribution in [3.63, 3.8) is 0 Å². The third kappa shape index (κ3) is 4.09. The van der Waals surface area contributed by atoms with Crippen LogP contribution in [0.3, 0.4) is 0 Å². The van der Waals surface area contributed by atoms with Gasteiger partial charge in [0.1, 0.15) is 23.3 Å². The predicted molar refractivity (Wildman–Crippen MR) is 68.4 cm³/mol. The minimum absolute atomic E-state index is 0.212. The third-order valence-corrected chi connectivity index (χ3v) is 2.60. The van der Waals surface area contributed by atoms with Crippen LogP contribution in [-0.2, 0) is 0 Å². The molecule has 0 rings (SSSR count). The number of hydrogen-bond acceptors (Lipinski definition) is 4. The van der Waals surface area contributed by atoms with Gasteiger partial charge in [0.05, 0.1) is 11.8 Å². The molecule has 0 saturated carbocycles. The summed E-state index contributed by atoms with van der Waals surface area (Å²) >= 11 is 0. The second-order valence-corrected chi connectivity index (χ2v) is 4.06. The van der Waals surface area contributed by atoms with Gasteiger partial charge in [-0.05, 0) is 12.3 Å². The Balaban J connectivity index is 4.86. The average molecular weight is 240 g/mol. The van der Waals surface area contributed by atoms with Crippen LogP contribution >= 0.6 is 0 Å². The monoisotopic (exact) mass is 240 g/mol. The van der Waals surface area contributed by atoms with E-state index in [1.807, 2.05) is 0 Å². The van der Waals surface area contributed by atoms with Crippen LogP contribution in [0.15, 0.2) is 0 Å². The van der Waals surface area contributed by atoms with E-state index in [2.05, 4.69) is 0 Å². The Morgan fingerprint density at radius 2 is 1.18 bits per heavy atom. The van der Waals surface area contributed by atoms with Crippen molar-refractivity contribution in [1.82, 2.24) is 0 Å². The molecule has 0 spiro atoms. The van der Waals surface area contributed by atoms with E-state index in [9.17, 15) is 0 Å². The van der Waals surface area contributed by atoms with Crippen LogP contribution in [0, 0.1) is 39.4 Å². The van der Waals surface area contributed by atoms with Gasteiger partial charge in [0.15, 0.2) is 0 Å². The molecule has 1 atom stereocenters. The maximum atomic E-state index is 7.36. The molecule has 12 N–H and O–H groups in total. The highest BCUT2D eigenvalue weighted by Gasteiger charge is 2.28. The smallest absolute Gasteiger partial charge is 0.102 e. The van der Waals surface area contributed by atoms with Crippen LogP contribution in [0.2, 0.25) is 0 Å². The highest BCUT2D eigenvalue weighted by atomic mass is 14.8. The van der Waals surface area contributed by atoms with Crippen molar-refractivity contribution in [3.8, 4) is 0 Å². The van der Waals surface area contributed by atoms with E-state index in [-0.39, 0.29) is 35.7 Å². The quantitative estimate of drug-likeness (QED) is 0.208. The zero-order valence-electron chi connectivity index (χ0n) is 9.75. The van der Waals surface area contributed by atoms with Crippen molar-refractivity contribution in [3.05, 3.63) is 0 Å². The average Bonchev–Trinajstić information content (AvgIpc) is 2.11. The normalized spacial score (nSPS) is 15.6. The molecule has 0 aliphatic heterocycles. The second-order valence-electron chi connectivity index (χ2n) is 4.06. The molecule has 0 aromatic heterocycles. The van der Waals surface area contributed by atoms with Gasteiger partial charge < -0.3 is 22.9 Å². The Labute approximate surface area is 99.8 Å². The lowest BCUT2D eigenvalue weighted by atomic mass is 9.83. The number of hydrogen-bond donors (Lipinski definition) is 8. The van der Waals surface area contributed by atoms with Crippen molar-refractivity contribution in [2.24, 2.45) is 40.7 Å². The minimum Gasteiger partial charge on any atom is -0.387 e. The Bertz CT molecular complexity index is 319. The molecule has 0 saturated heterocycles. The summed E-state index contributed by atoms with van der Waals surface area (Å²) in [5.41, 5.74) is 21.4. The Hall–Kier alpha value is -2.12. The summed E-state index contributed by atoms with van der Waals surface area (Å²) in [4.78, 5) is 0. The number of amidine groups is 4. The fraction of sp³-hybridized carbons (Fsp3) is 0.556. The Morgan fingerprint density at radius 3 is 1.41 bits per heavy atom. The zero-order chi connectivity index (χ0) is 13.7. The topological polar surface area (TPSA) is 199 Å². The first-order chi connectivity index (χ1) is 7.68. The van der Waals surface area contributed by atoms with E-state index in [1.165, 1.54) is 0 Å². The van der Waals surface area contributed by atoms with E-state index in [0.717, 1.165) is 0 Å². The third-order valence-electron chi connectivity index (χ3n) is 2.60. The van der Waals surface area contributed by atoms with Gasteiger partial charge >= 0.3 is 0 Å². The molecule has 0 aliphatic carbocycles. The molecule has 0 radical (unpaired) electrons. The minimum atomic E-state index is -0.712. The lowest BCUT2D eigenvalue weighted by Crippen LogP contribution is -2.42. The van der Waals surface area contributed by atoms with Crippen molar-refractivity contribution >= 4 is 23.3 Å². The molecule has 17 heavy (non-hydrogen) atoms. The highest BCUT2D eigenvalue weighted by Crippen LogP contribution is 2.20. The molecule has 96 valence electrons. The molecular weight excluding hydrogens is 220 g/mol. The second kappa shape index (κ2) is 5.83. The van der Waals surface area contributed by atoms with Gasteiger partial charge in [0.2, 0.25) is 0 Å². The maximum Gasteiger partial charge on any atom is 0.102 e. The first-order valence-electron chi connectivity index (χ1n) is 5.04. The summed E-state index contributed by atoms with van der Waals surface area (Å²) in [6.07, 6.45) is 0.258. The molecule has 1 unspecified atom stereocenters. The molecule has 0 amide bonds. The van der Waals surface area contributed by atoms with Gasteiger partial charge in [-0.1, -0.05) is 6.92 Å². The molecule has 0 aromatic rings. The summed E-state index contributed by atoms with van der Waals surface area (Å²) in [6, 6.07) is 0. The first-order valence-corrected chi connectivity index (χ1v) is 5.04. The number of nitrogens with two attached hydrogens (primary N) is 4. The largest absolute Gasteiger partial charge is 0.387 e. The van der Waals surface area contributed by atoms with Gasteiger partial charge in [-0.3, -0.25) is 21.6 Å². The lowest BCUT2D eigenvalue weighted by molar-refractivity contribution is 0.472. The summed E-state index contributed by atoms with van der Waals surface area (Å²) in [5.74, 6) is -2.55. The summed E-state index contributed by atoms with van der Waals surface area (Å²) in [7, 11) is 0. The van der Waals surface area contributed by atoms with Crippen LogP contribution in [0.5, 0.6) is 0 Å². The van der Waals surface area contributed by atoms with E-state index in [4.69, 9.17) is 44.6 Å². The van der Waals surface area contributed by atoms with Crippen LogP contribution in [0.25, 0.3) is 0 Å². The number of nitrogens with one attached hydrogen (secondary N) is 4. The molecule has 0 bridgehead atoms. The van der Waals surface area contributed by atoms with Gasteiger partial charge in [-0.2, -0.15) is 0 Å².